The molecular formula is C20H25FN2O5S. The molecule has 1 heterocycles. The second-order valence-corrected chi connectivity index (χ2v) is 9.59. The zero-order valence-corrected chi connectivity index (χ0v) is 17.6. The molecule has 3 rings (SSSR count). The maximum Gasteiger partial charge on any atom is 0.333 e. The molecule has 2 aromatic rings. The number of carbonyl (C=O) groups excluding carboxylic acids is 1. The lowest BCUT2D eigenvalue weighted by Gasteiger charge is -2.21. The molecule has 0 bridgehead atoms. The lowest BCUT2D eigenvalue weighted by atomic mass is 9.92. The van der Waals surface area contributed by atoms with Crippen LogP contribution in [0.1, 0.15) is 69.1 Å². The van der Waals surface area contributed by atoms with Crippen molar-refractivity contribution in [3.63, 3.8) is 0 Å². The van der Waals surface area contributed by atoms with Crippen LogP contribution in [-0.2, 0) is 15.6 Å². The fraction of sp³-hybridized carbons (Fsp3) is 0.450. The van der Waals surface area contributed by atoms with Gasteiger partial charge < -0.3 is 14.8 Å². The van der Waals surface area contributed by atoms with Crippen molar-refractivity contribution < 1.29 is 27.1 Å². The molecule has 0 unspecified atom stereocenters. The Hall–Kier alpha value is -2.39. The Morgan fingerprint density at radius 3 is 2.41 bits per heavy atom. The van der Waals surface area contributed by atoms with Crippen LogP contribution in [0.15, 0.2) is 34.0 Å². The van der Waals surface area contributed by atoms with Crippen LogP contribution in [0.4, 0.5) is 14.9 Å². The number of carbonyl (C=O) groups is 1. The number of halogens is 1. The van der Waals surface area contributed by atoms with Crippen LogP contribution < -0.4 is 10.0 Å². The second kappa shape index (κ2) is 7.46. The minimum absolute atomic E-state index is 0.0214. The van der Waals surface area contributed by atoms with Gasteiger partial charge in [0.05, 0.1) is 17.6 Å². The van der Waals surface area contributed by atoms with Gasteiger partial charge in [0.25, 0.3) is 10.0 Å². The zero-order chi connectivity index (χ0) is 21.6. The summed E-state index contributed by atoms with van der Waals surface area (Å²) in [4.78, 5) is 12.5. The molecule has 1 aromatic heterocycles. The highest BCUT2D eigenvalue weighted by molar-refractivity contribution is 7.89. The molecule has 1 aliphatic carbocycles. The molecule has 3 N–H and O–H groups in total. The lowest BCUT2D eigenvalue weighted by molar-refractivity contribution is 0.150. The highest BCUT2D eigenvalue weighted by Gasteiger charge is 2.44. The van der Waals surface area contributed by atoms with Crippen LogP contribution >= 0.6 is 0 Å². The molecule has 1 fully saturated rings. The predicted molar refractivity (Wildman–Crippen MR) is 106 cm³/mol. The van der Waals surface area contributed by atoms with Crippen molar-refractivity contribution in [1.82, 2.24) is 4.72 Å². The third kappa shape index (κ3) is 4.30. The molecule has 2 amide bonds. The van der Waals surface area contributed by atoms with E-state index in [4.69, 9.17) is 4.42 Å². The molecule has 1 aromatic carbocycles. The summed E-state index contributed by atoms with van der Waals surface area (Å²) in [6.45, 7) is 7.36. The van der Waals surface area contributed by atoms with Gasteiger partial charge in [0, 0.05) is 17.2 Å². The van der Waals surface area contributed by atoms with Crippen LogP contribution in [0.5, 0.6) is 0 Å². The van der Waals surface area contributed by atoms with Crippen LogP contribution in [-0.4, -0.2) is 19.6 Å². The Balaban J connectivity index is 1.85. The van der Waals surface area contributed by atoms with E-state index in [0.29, 0.717) is 29.5 Å². The SMILES string of the molecule is CC(C)c1ccc(F)c(C(C)C)c1NC(=O)NS(=O)(=O)c1cc(C2(O)CC2)co1. The first-order valence-electron chi connectivity index (χ1n) is 9.42. The monoisotopic (exact) mass is 424 g/mol. The van der Waals surface area contributed by atoms with Crippen molar-refractivity contribution in [1.29, 1.82) is 0 Å². The molecule has 158 valence electrons. The van der Waals surface area contributed by atoms with Crippen molar-refractivity contribution in [2.45, 2.75) is 63.1 Å². The Kier molecular flexibility index (Phi) is 5.48. The Morgan fingerprint density at radius 1 is 1.21 bits per heavy atom. The van der Waals surface area contributed by atoms with Crippen molar-refractivity contribution in [3.05, 3.63) is 47.0 Å². The van der Waals surface area contributed by atoms with Gasteiger partial charge in [0.1, 0.15) is 5.82 Å². The van der Waals surface area contributed by atoms with Crippen molar-refractivity contribution >= 4 is 21.7 Å². The van der Waals surface area contributed by atoms with Crippen LogP contribution in [0, 0.1) is 5.82 Å². The smallest absolute Gasteiger partial charge is 0.333 e. The Morgan fingerprint density at radius 2 is 1.86 bits per heavy atom. The van der Waals surface area contributed by atoms with Gasteiger partial charge in [-0.2, -0.15) is 8.42 Å². The van der Waals surface area contributed by atoms with E-state index in [2.05, 4.69) is 5.32 Å². The quantitative estimate of drug-likeness (QED) is 0.645. The molecule has 1 saturated carbocycles. The van der Waals surface area contributed by atoms with Crippen LogP contribution in [0.3, 0.4) is 0 Å². The number of furan rings is 1. The first-order valence-corrected chi connectivity index (χ1v) is 10.9. The van der Waals surface area contributed by atoms with Gasteiger partial charge in [-0.25, -0.2) is 13.9 Å². The molecule has 0 aliphatic heterocycles. The van der Waals surface area contributed by atoms with Gasteiger partial charge >= 0.3 is 6.03 Å². The van der Waals surface area contributed by atoms with Gasteiger partial charge in [-0.15, -0.1) is 0 Å². The number of benzene rings is 1. The molecule has 0 radical (unpaired) electrons. The van der Waals surface area contributed by atoms with Crippen molar-refractivity contribution in [3.8, 4) is 0 Å². The minimum atomic E-state index is -4.30. The van der Waals surface area contributed by atoms with E-state index in [1.807, 2.05) is 18.6 Å². The maximum absolute atomic E-state index is 14.4. The maximum atomic E-state index is 14.4. The van der Waals surface area contributed by atoms with E-state index in [1.54, 1.807) is 19.9 Å². The van der Waals surface area contributed by atoms with Crippen LogP contribution in [0.25, 0.3) is 0 Å². The third-order valence-electron chi connectivity index (χ3n) is 4.99. The van der Waals surface area contributed by atoms with E-state index in [1.165, 1.54) is 18.4 Å². The average Bonchev–Trinajstić information content (AvgIpc) is 3.14. The second-order valence-electron chi connectivity index (χ2n) is 7.98. The summed E-state index contributed by atoms with van der Waals surface area (Å²) in [5.74, 6) is -0.727. The summed E-state index contributed by atoms with van der Waals surface area (Å²) in [6.07, 6.45) is 2.21. The normalized spacial score (nSPS) is 15.6. The lowest BCUT2D eigenvalue weighted by Crippen LogP contribution is -2.35. The molecule has 0 spiro atoms. The van der Waals surface area contributed by atoms with Crippen LogP contribution in [0.2, 0.25) is 0 Å². The number of sulfonamides is 1. The molecule has 29 heavy (non-hydrogen) atoms. The fourth-order valence-corrected chi connectivity index (χ4v) is 4.07. The summed E-state index contributed by atoms with van der Waals surface area (Å²) in [5, 5.41) is 12.1. The Labute approximate surface area is 169 Å². The summed E-state index contributed by atoms with van der Waals surface area (Å²) in [5.41, 5.74) is 0.556. The number of rotatable bonds is 6. The predicted octanol–water partition coefficient (Wildman–Crippen LogP) is 4.16. The summed E-state index contributed by atoms with van der Waals surface area (Å²) in [7, 11) is -4.30. The van der Waals surface area contributed by atoms with Crippen molar-refractivity contribution in [2.24, 2.45) is 0 Å². The van der Waals surface area contributed by atoms with Gasteiger partial charge in [0.2, 0.25) is 5.09 Å². The zero-order valence-electron chi connectivity index (χ0n) is 16.7. The fourth-order valence-electron chi connectivity index (χ4n) is 3.22. The molecule has 0 saturated heterocycles. The van der Waals surface area contributed by atoms with Crippen molar-refractivity contribution in [2.75, 3.05) is 5.32 Å². The summed E-state index contributed by atoms with van der Waals surface area (Å²) >= 11 is 0. The van der Waals surface area contributed by atoms with Gasteiger partial charge in [-0.3, -0.25) is 0 Å². The third-order valence-corrected chi connectivity index (χ3v) is 6.19. The first kappa shape index (κ1) is 21.3. The van der Waals surface area contributed by atoms with E-state index in [9.17, 15) is 22.7 Å². The number of aliphatic hydroxyl groups is 1. The number of anilines is 1. The molecular weight excluding hydrogens is 399 g/mol. The largest absolute Gasteiger partial charge is 0.451 e. The van der Waals surface area contributed by atoms with Gasteiger partial charge in [-0.05, 0) is 36.3 Å². The number of hydrogen-bond donors (Lipinski definition) is 3. The van der Waals surface area contributed by atoms with E-state index < -0.39 is 32.6 Å². The highest BCUT2D eigenvalue weighted by atomic mass is 32.2. The van der Waals surface area contributed by atoms with E-state index >= 15 is 0 Å². The molecule has 9 heteroatoms. The molecule has 7 nitrogen and oxygen atoms in total. The highest BCUT2D eigenvalue weighted by Crippen LogP contribution is 2.46. The summed E-state index contributed by atoms with van der Waals surface area (Å²) in [6, 6.07) is 3.09. The summed E-state index contributed by atoms with van der Waals surface area (Å²) < 4.78 is 46.3. The van der Waals surface area contributed by atoms with Gasteiger partial charge in [-0.1, -0.05) is 33.8 Å². The topological polar surface area (TPSA) is 109 Å². The standard InChI is InChI=1S/C20H25FN2O5S/c1-11(2)14-5-6-15(21)17(12(3)4)18(14)22-19(24)23-29(26,27)16-9-13(10-28-16)20(25)7-8-20/h5-6,9-12,25H,7-8H2,1-4H3,(H2,22,23,24). The minimum Gasteiger partial charge on any atom is -0.451 e. The molecule has 0 atom stereocenters. The number of nitrogens with one attached hydrogen (secondary N) is 2. The van der Waals surface area contributed by atoms with Gasteiger partial charge in [0.15, 0.2) is 0 Å². The first-order chi connectivity index (χ1) is 13.4. The number of urea groups is 1. The average molecular weight is 424 g/mol. The number of amides is 2. The number of hydrogen-bond acceptors (Lipinski definition) is 5. The molecule has 1 aliphatic rings. The van der Waals surface area contributed by atoms with E-state index in [0.717, 1.165) is 0 Å². The van der Waals surface area contributed by atoms with E-state index in [-0.39, 0.29) is 17.5 Å². The Bertz CT molecular complexity index is 1040.